The van der Waals surface area contributed by atoms with Crippen LogP contribution in [0, 0.1) is 0 Å². The summed E-state index contributed by atoms with van der Waals surface area (Å²) in [5, 5.41) is 0. The summed E-state index contributed by atoms with van der Waals surface area (Å²) in [4.78, 5) is 29.5. The molecule has 2 aliphatic heterocycles. The molecule has 0 radical (unpaired) electrons. The molecule has 44 heavy (non-hydrogen) atoms. The van der Waals surface area contributed by atoms with E-state index in [1.807, 2.05) is 66.8 Å². The molecule has 0 N–H and O–H groups in total. The van der Waals surface area contributed by atoms with Gasteiger partial charge in [-0.3, -0.25) is 9.59 Å². The molecule has 3 aromatic carbocycles. The van der Waals surface area contributed by atoms with Gasteiger partial charge in [-0.25, -0.2) is 16.8 Å². The molecule has 11 heteroatoms. The van der Waals surface area contributed by atoms with Gasteiger partial charge in [0.25, 0.3) is 11.8 Å². The zero-order chi connectivity index (χ0) is 31.3. The highest BCUT2D eigenvalue weighted by Crippen LogP contribution is 2.26. The molecule has 0 unspecified atom stereocenters. The van der Waals surface area contributed by atoms with Crippen molar-refractivity contribution in [2.75, 3.05) is 56.3 Å². The molecule has 2 aliphatic rings. The summed E-state index contributed by atoms with van der Waals surface area (Å²) in [6.45, 7) is 0.742. The summed E-state index contributed by atoms with van der Waals surface area (Å²) in [6, 6.07) is 20.1. The molecular weight excluding hydrogens is 601 g/mol. The molecule has 2 heterocycles. The van der Waals surface area contributed by atoms with Crippen LogP contribution in [-0.4, -0.2) is 94.8 Å². The van der Waals surface area contributed by atoms with Crippen LogP contribution in [0.15, 0.2) is 66.7 Å². The number of ether oxygens (including phenoxy) is 1. The first-order valence-electron chi connectivity index (χ1n) is 14.3. The molecule has 0 aliphatic carbocycles. The second-order valence-electron chi connectivity index (χ2n) is 10.7. The normalized spacial score (nSPS) is 18.0. The lowest BCUT2D eigenvalue weighted by atomic mass is 10.0. The van der Waals surface area contributed by atoms with E-state index in [-0.39, 0.29) is 61.0 Å². The highest BCUT2D eigenvalue weighted by molar-refractivity contribution is 7.91. The minimum absolute atomic E-state index is 0.0237. The monoisotopic (exact) mass is 634 g/mol. The number of carbonyl (C=O) groups excluding carboxylic acids is 2. The summed E-state index contributed by atoms with van der Waals surface area (Å²) in [6.07, 6.45) is 7.45. The maximum Gasteiger partial charge on any atom is 0.254 e. The van der Waals surface area contributed by atoms with Crippen LogP contribution in [0.25, 0.3) is 24.3 Å². The van der Waals surface area contributed by atoms with Crippen molar-refractivity contribution < 1.29 is 31.2 Å². The van der Waals surface area contributed by atoms with Gasteiger partial charge in [0.2, 0.25) is 0 Å². The molecule has 2 fully saturated rings. The topological polar surface area (TPSA) is 118 Å². The fourth-order valence-corrected chi connectivity index (χ4v) is 7.58. The minimum atomic E-state index is -3.10. The number of hydrogen-bond donors (Lipinski definition) is 0. The highest BCUT2D eigenvalue weighted by Gasteiger charge is 2.27. The predicted molar refractivity (Wildman–Crippen MR) is 173 cm³/mol. The number of hydrogen-bond acceptors (Lipinski definition) is 7. The van der Waals surface area contributed by atoms with Gasteiger partial charge in [-0.1, -0.05) is 72.8 Å². The van der Waals surface area contributed by atoms with Gasteiger partial charge in [-0.15, -0.1) is 0 Å². The van der Waals surface area contributed by atoms with Crippen molar-refractivity contribution in [3.63, 3.8) is 0 Å². The number of nitrogens with zero attached hydrogens (tertiary/aromatic N) is 2. The summed E-state index contributed by atoms with van der Waals surface area (Å²) in [5.74, 6) is 0.128. The third-order valence-corrected chi connectivity index (χ3v) is 11.0. The van der Waals surface area contributed by atoms with Crippen molar-refractivity contribution in [3.05, 3.63) is 100 Å². The van der Waals surface area contributed by atoms with E-state index in [9.17, 15) is 26.4 Å². The average molecular weight is 635 g/mol. The van der Waals surface area contributed by atoms with E-state index < -0.39 is 19.7 Å². The van der Waals surface area contributed by atoms with Gasteiger partial charge in [-0.05, 0) is 34.9 Å². The second kappa shape index (κ2) is 13.2. The van der Waals surface area contributed by atoms with Crippen LogP contribution >= 0.6 is 0 Å². The fraction of sp³-hybridized carbons (Fsp3) is 0.273. The van der Waals surface area contributed by atoms with E-state index in [1.165, 1.54) is 0 Å². The lowest BCUT2D eigenvalue weighted by molar-refractivity contribution is 0.0762. The van der Waals surface area contributed by atoms with E-state index in [0.717, 1.165) is 16.7 Å². The summed E-state index contributed by atoms with van der Waals surface area (Å²) < 4.78 is 52.8. The predicted octanol–water partition coefficient (Wildman–Crippen LogP) is 3.78. The lowest BCUT2D eigenvalue weighted by Crippen LogP contribution is -2.43. The van der Waals surface area contributed by atoms with Crippen LogP contribution in [0.5, 0.6) is 5.75 Å². The van der Waals surface area contributed by atoms with Crippen LogP contribution in [-0.2, 0) is 19.7 Å². The van der Waals surface area contributed by atoms with E-state index >= 15 is 0 Å². The first kappa shape index (κ1) is 31.2. The van der Waals surface area contributed by atoms with E-state index in [1.54, 1.807) is 41.2 Å². The smallest absolute Gasteiger partial charge is 0.254 e. The molecule has 9 nitrogen and oxygen atoms in total. The number of methoxy groups -OCH3 is 1. The van der Waals surface area contributed by atoms with E-state index in [4.69, 9.17) is 4.74 Å². The number of sulfone groups is 2. The first-order valence-corrected chi connectivity index (χ1v) is 17.9. The SMILES string of the molecule is COc1cc(/C=C/c2ccccc2C(=O)N2CCS(=O)(=O)CC2)ccc1/C=C/c1ccccc1C(=O)N1CCS(=O)(=O)CC1. The van der Waals surface area contributed by atoms with Crippen molar-refractivity contribution in [1.82, 2.24) is 9.80 Å². The zero-order valence-corrected chi connectivity index (χ0v) is 26.0. The fourth-order valence-electron chi connectivity index (χ4n) is 5.18. The molecule has 0 atom stereocenters. The molecule has 0 aromatic heterocycles. The van der Waals surface area contributed by atoms with Crippen molar-refractivity contribution >= 4 is 55.8 Å². The molecule has 0 spiro atoms. The van der Waals surface area contributed by atoms with Gasteiger partial charge in [0.1, 0.15) is 5.75 Å². The first-order chi connectivity index (χ1) is 21.0. The van der Waals surface area contributed by atoms with Gasteiger partial charge < -0.3 is 14.5 Å². The van der Waals surface area contributed by atoms with Crippen LogP contribution < -0.4 is 4.74 Å². The Balaban J connectivity index is 1.32. The van der Waals surface area contributed by atoms with Crippen LogP contribution in [0.2, 0.25) is 0 Å². The highest BCUT2D eigenvalue weighted by atomic mass is 32.2. The average Bonchev–Trinajstić information content (AvgIpc) is 3.02. The maximum atomic E-state index is 13.2. The van der Waals surface area contributed by atoms with Gasteiger partial charge in [0.15, 0.2) is 19.7 Å². The van der Waals surface area contributed by atoms with Crippen LogP contribution in [0.3, 0.4) is 0 Å². The maximum absolute atomic E-state index is 13.2. The van der Waals surface area contributed by atoms with Gasteiger partial charge in [0, 0.05) is 42.9 Å². The Morgan fingerprint density at radius 3 is 1.52 bits per heavy atom. The number of rotatable bonds is 7. The Labute approximate surface area is 258 Å². The molecule has 230 valence electrons. The number of benzene rings is 3. The molecule has 5 rings (SSSR count). The Hall–Kier alpha value is -4.22. The van der Waals surface area contributed by atoms with E-state index in [0.29, 0.717) is 22.4 Å². The number of carbonyl (C=O) groups is 2. The Morgan fingerprint density at radius 2 is 1.05 bits per heavy atom. The Kier molecular flexibility index (Phi) is 9.36. The standard InChI is InChI=1S/C33H34N2O7S2/c1-42-31-24-25(10-12-26-6-2-4-8-29(26)32(36)34-16-20-43(38,39)21-17-34)11-13-28(31)15-14-27-7-3-5-9-30(27)33(37)35-18-22-44(40,41)23-19-35/h2-15,24H,16-23H2,1H3/b12-10+,15-14+. The molecule has 0 bridgehead atoms. The molecule has 2 saturated heterocycles. The van der Waals surface area contributed by atoms with Gasteiger partial charge >= 0.3 is 0 Å². The Bertz CT molecular complexity index is 1820. The molecular formula is C33H34N2O7S2. The minimum Gasteiger partial charge on any atom is -0.496 e. The van der Waals surface area contributed by atoms with Gasteiger partial charge in [-0.2, -0.15) is 0 Å². The van der Waals surface area contributed by atoms with E-state index in [2.05, 4.69) is 0 Å². The summed E-state index contributed by atoms with van der Waals surface area (Å²) >= 11 is 0. The Morgan fingerprint density at radius 1 is 0.614 bits per heavy atom. The quantitative estimate of drug-likeness (QED) is 0.363. The molecule has 2 amide bonds. The summed E-state index contributed by atoms with van der Waals surface area (Å²) in [7, 11) is -4.61. The third kappa shape index (κ3) is 7.46. The molecule has 3 aromatic rings. The summed E-state index contributed by atoms with van der Waals surface area (Å²) in [5.41, 5.74) is 4.09. The zero-order valence-electron chi connectivity index (χ0n) is 24.4. The van der Waals surface area contributed by atoms with Crippen molar-refractivity contribution in [3.8, 4) is 5.75 Å². The lowest BCUT2D eigenvalue weighted by Gasteiger charge is -2.27. The van der Waals surface area contributed by atoms with Crippen molar-refractivity contribution in [1.29, 1.82) is 0 Å². The second-order valence-corrected chi connectivity index (χ2v) is 15.3. The van der Waals surface area contributed by atoms with Crippen LogP contribution in [0.4, 0.5) is 0 Å². The number of amides is 2. The molecule has 0 saturated carbocycles. The third-order valence-electron chi connectivity index (χ3n) is 7.80. The largest absolute Gasteiger partial charge is 0.496 e. The van der Waals surface area contributed by atoms with Crippen molar-refractivity contribution in [2.45, 2.75) is 0 Å². The van der Waals surface area contributed by atoms with Crippen molar-refractivity contribution in [2.24, 2.45) is 0 Å². The van der Waals surface area contributed by atoms with Crippen LogP contribution in [0.1, 0.15) is 43.0 Å². The van der Waals surface area contributed by atoms with Gasteiger partial charge in [0.05, 0.1) is 30.1 Å².